The number of hydrogen-bond acceptors (Lipinski definition) is 4. The highest BCUT2D eigenvalue weighted by Gasteiger charge is 2.18. The van der Waals surface area contributed by atoms with Gasteiger partial charge < -0.3 is 9.88 Å². The third-order valence-electron chi connectivity index (χ3n) is 3.49. The molecule has 0 spiro atoms. The van der Waals surface area contributed by atoms with Crippen LogP contribution in [-0.2, 0) is 6.42 Å². The molecule has 18 heavy (non-hydrogen) atoms. The van der Waals surface area contributed by atoms with Gasteiger partial charge >= 0.3 is 0 Å². The van der Waals surface area contributed by atoms with Crippen molar-refractivity contribution in [1.29, 1.82) is 0 Å². The topological polar surface area (TPSA) is 42.7 Å². The maximum atomic E-state index is 4.41. The SMILES string of the molecule is c1csc(CCNc2nccn2C2CCCC2)n1. The van der Waals surface area contributed by atoms with Gasteiger partial charge in [0, 0.05) is 43.0 Å². The van der Waals surface area contributed by atoms with Crippen molar-refractivity contribution < 1.29 is 0 Å². The van der Waals surface area contributed by atoms with Crippen LogP contribution in [0.4, 0.5) is 5.95 Å². The van der Waals surface area contributed by atoms with Gasteiger partial charge in [0.25, 0.3) is 0 Å². The van der Waals surface area contributed by atoms with Gasteiger partial charge in [-0.1, -0.05) is 12.8 Å². The van der Waals surface area contributed by atoms with E-state index in [9.17, 15) is 0 Å². The zero-order chi connectivity index (χ0) is 12.2. The van der Waals surface area contributed by atoms with Crippen molar-refractivity contribution in [3.63, 3.8) is 0 Å². The predicted octanol–water partition coefficient (Wildman–Crippen LogP) is 3.11. The van der Waals surface area contributed by atoms with Crippen LogP contribution in [0.1, 0.15) is 36.7 Å². The summed E-state index contributed by atoms with van der Waals surface area (Å²) in [7, 11) is 0. The standard InChI is InChI=1S/C13H18N4S/c1-2-4-11(3-1)17-9-7-16-13(17)15-6-5-12-14-8-10-18-12/h7-11H,1-6H2,(H,15,16). The molecule has 0 amide bonds. The summed E-state index contributed by atoms with van der Waals surface area (Å²) in [5.74, 6) is 1.01. The van der Waals surface area contributed by atoms with Crippen molar-refractivity contribution in [2.75, 3.05) is 11.9 Å². The Bertz CT molecular complexity index is 471. The second kappa shape index (κ2) is 5.52. The van der Waals surface area contributed by atoms with Crippen LogP contribution in [0.5, 0.6) is 0 Å². The van der Waals surface area contributed by atoms with E-state index < -0.39 is 0 Å². The highest BCUT2D eigenvalue weighted by Crippen LogP contribution is 2.31. The number of nitrogens with one attached hydrogen (secondary N) is 1. The van der Waals surface area contributed by atoms with Crippen molar-refractivity contribution in [3.05, 3.63) is 29.0 Å². The monoisotopic (exact) mass is 262 g/mol. The molecule has 1 aliphatic carbocycles. The fourth-order valence-electron chi connectivity index (χ4n) is 2.58. The Balaban J connectivity index is 1.57. The van der Waals surface area contributed by atoms with Gasteiger partial charge in [0.15, 0.2) is 0 Å². The number of hydrogen-bond donors (Lipinski definition) is 1. The molecule has 0 aliphatic heterocycles. The van der Waals surface area contributed by atoms with Crippen LogP contribution in [0.2, 0.25) is 0 Å². The van der Waals surface area contributed by atoms with E-state index in [4.69, 9.17) is 0 Å². The van der Waals surface area contributed by atoms with Crippen LogP contribution in [0.3, 0.4) is 0 Å². The second-order valence-electron chi connectivity index (χ2n) is 4.70. The minimum atomic E-state index is 0.648. The lowest BCUT2D eigenvalue weighted by Crippen LogP contribution is -2.13. The van der Waals surface area contributed by atoms with Gasteiger partial charge in [-0.3, -0.25) is 0 Å². The lowest BCUT2D eigenvalue weighted by atomic mass is 10.2. The molecule has 5 heteroatoms. The molecule has 0 aromatic carbocycles. The molecule has 2 aromatic rings. The molecule has 0 saturated heterocycles. The average Bonchev–Trinajstić information content (AvgIpc) is 3.12. The van der Waals surface area contributed by atoms with Gasteiger partial charge in [-0.05, 0) is 12.8 Å². The van der Waals surface area contributed by atoms with Crippen molar-refractivity contribution in [3.8, 4) is 0 Å². The van der Waals surface area contributed by atoms with Gasteiger partial charge in [0.1, 0.15) is 0 Å². The number of thiazole rings is 1. The zero-order valence-corrected chi connectivity index (χ0v) is 11.2. The molecular formula is C13H18N4S. The van der Waals surface area contributed by atoms with Gasteiger partial charge in [-0.2, -0.15) is 0 Å². The maximum Gasteiger partial charge on any atom is 0.203 e. The van der Waals surface area contributed by atoms with E-state index in [1.54, 1.807) is 11.3 Å². The van der Waals surface area contributed by atoms with Crippen molar-refractivity contribution in [2.24, 2.45) is 0 Å². The summed E-state index contributed by atoms with van der Waals surface area (Å²) in [4.78, 5) is 8.70. The molecule has 1 saturated carbocycles. The van der Waals surface area contributed by atoms with Crippen LogP contribution in [0.25, 0.3) is 0 Å². The van der Waals surface area contributed by atoms with Crippen LogP contribution < -0.4 is 5.32 Å². The number of anilines is 1. The van der Waals surface area contributed by atoms with E-state index >= 15 is 0 Å². The zero-order valence-electron chi connectivity index (χ0n) is 10.4. The van der Waals surface area contributed by atoms with E-state index in [-0.39, 0.29) is 0 Å². The Hall–Kier alpha value is -1.36. The lowest BCUT2D eigenvalue weighted by molar-refractivity contribution is 0.523. The first-order chi connectivity index (χ1) is 8.93. The maximum absolute atomic E-state index is 4.41. The van der Waals surface area contributed by atoms with Crippen LogP contribution in [0, 0.1) is 0 Å². The highest BCUT2D eigenvalue weighted by atomic mass is 32.1. The third-order valence-corrected chi connectivity index (χ3v) is 4.33. The Morgan fingerprint density at radius 3 is 2.94 bits per heavy atom. The molecule has 2 heterocycles. The second-order valence-corrected chi connectivity index (χ2v) is 5.68. The average molecular weight is 262 g/mol. The van der Waals surface area contributed by atoms with Crippen molar-refractivity contribution in [2.45, 2.75) is 38.1 Å². The lowest BCUT2D eigenvalue weighted by Gasteiger charge is -2.15. The van der Waals surface area contributed by atoms with Gasteiger partial charge in [-0.25, -0.2) is 9.97 Å². The molecule has 2 aromatic heterocycles. The van der Waals surface area contributed by atoms with Crippen LogP contribution in [0.15, 0.2) is 24.0 Å². The van der Waals surface area contributed by atoms with Crippen molar-refractivity contribution in [1.82, 2.24) is 14.5 Å². The molecule has 1 N–H and O–H groups in total. The number of aromatic nitrogens is 3. The van der Waals surface area contributed by atoms with Gasteiger partial charge in [0.2, 0.25) is 5.95 Å². The van der Waals surface area contributed by atoms with Gasteiger partial charge in [-0.15, -0.1) is 11.3 Å². The van der Waals surface area contributed by atoms with Crippen molar-refractivity contribution >= 4 is 17.3 Å². The predicted molar refractivity (Wildman–Crippen MR) is 74.0 cm³/mol. The van der Waals surface area contributed by atoms with Crippen LogP contribution >= 0.6 is 11.3 Å². The largest absolute Gasteiger partial charge is 0.355 e. The normalized spacial score (nSPS) is 16.2. The Kier molecular flexibility index (Phi) is 3.59. The minimum absolute atomic E-state index is 0.648. The number of imidazole rings is 1. The summed E-state index contributed by atoms with van der Waals surface area (Å²) in [6.07, 6.45) is 12.1. The Morgan fingerprint density at radius 2 is 2.17 bits per heavy atom. The molecule has 0 radical (unpaired) electrons. The molecule has 0 atom stereocenters. The fourth-order valence-corrected chi connectivity index (χ4v) is 3.21. The van der Waals surface area contributed by atoms with E-state index in [2.05, 4.69) is 26.0 Å². The molecule has 4 nitrogen and oxygen atoms in total. The van der Waals surface area contributed by atoms with Crippen LogP contribution in [-0.4, -0.2) is 21.1 Å². The number of nitrogens with zero attached hydrogens (tertiary/aromatic N) is 3. The molecule has 0 unspecified atom stereocenters. The molecule has 3 rings (SSSR count). The van der Waals surface area contributed by atoms with E-state index in [1.165, 1.54) is 30.7 Å². The summed E-state index contributed by atoms with van der Waals surface area (Å²) in [6, 6.07) is 0.648. The molecule has 0 bridgehead atoms. The van der Waals surface area contributed by atoms with E-state index in [1.807, 2.05) is 17.8 Å². The van der Waals surface area contributed by atoms with Gasteiger partial charge in [0.05, 0.1) is 5.01 Å². The number of rotatable bonds is 5. The summed E-state index contributed by atoms with van der Waals surface area (Å²) in [5.41, 5.74) is 0. The smallest absolute Gasteiger partial charge is 0.203 e. The third kappa shape index (κ3) is 2.56. The first-order valence-corrected chi connectivity index (χ1v) is 7.46. The molecule has 1 fully saturated rings. The van der Waals surface area contributed by atoms with E-state index in [0.717, 1.165) is 18.9 Å². The first-order valence-electron chi connectivity index (χ1n) is 6.58. The molecule has 96 valence electrons. The summed E-state index contributed by atoms with van der Waals surface area (Å²) in [6.45, 7) is 0.900. The Morgan fingerprint density at radius 1 is 1.28 bits per heavy atom. The quantitative estimate of drug-likeness (QED) is 0.900. The summed E-state index contributed by atoms with van der Waals surface area (Å²) < 4.78 is 2.30. The minimum Gasteiger partial charge on any atom is -0.355 e. The molecule has 1 aliphatic rings. The van der Waals surface area contributed by atoms with E-state index in [0.29, 0.717) is 6.04 Å². The Labute approximate surface area is 111 Å². The first kappa shape index (κ1) is 11.7. The molecular weight excluding hydrogens is 244 g/mol. The summed E-state index contributed by atoms with van der Waals surface area (Å²) >= 11 is 1.71. The summed E-state index contributed by atoms with van der Waals surface area (Å²) in [5, 5.41) is 6.63. The fraction of sp³-hybridized carbons (Fsp3) is 0.538. The highest BCUT2D eigenvalue weighted by molar-refractivity contribution is 7.09.